The molecule has 0 saturated heterocycles. The molecule has 2 aromatic carbocycles. The molecule has 40 heavy (non-hydrogen) atoms. The molecule has 2 aromatic rings. The first-order chi connectivity index (χ1) is 19.0. The molecule has 4 rings (SSSR count). The average molecular weight is 581 g/mol. The van der Waals surface area contributed by atoms with E-state index in [9.17, 15) is 27.8 Å². The SMILES string of the molecule is CC(F)(F)C(F)(F)CCCSCCCCCC(O)CCCC1c2ccc(C3CC3)cc2CC1c1ccc(O)cc1. The van der Waals surface area contributed by atoms with E-state index in [1.807, 2.05) is 12.1 Å². The number of phenols is 1. The normalized spacial score (nSPS) is 20.1. The fourth-order valence-electron chi connectivity index (χ4n) is 6.06. The van der Waals surface area contributed by atoms with Crippen LogP contribution in [0.15, 0.2) is 42.5 Å². The number of phenolic OH excluding ortho intramolecular Hbond substituents is 1. The molecule has 2 nitrogen and oxygen atoms in total. The van der Waals surface area contributed by atoms with Crippen molar-refractivity contribution >= 4 is 11.8 Å². The van der Waals surface area contributed by atoms with Crippen LogP contribution in [-0.2, 0) is 6.42 Å². The topological polar surface area (TPSA) is 40.5 Å². The van der Waals surface area contributed by atoms with E-state index in [2.05, 4.69) is 18.2 Å². The molecular weight excluding hydrogens is 536 g/mol. The van der Waals surface area contributed by atoms with Gasteiger partial charge >= 0.3 is 11.8 Å². The molecule has 2 N–H and O–H groups in total. The zero-order valence-electron chi connectivity index (χ0n) is 23.6. The van der Waals surface area contributed by atoms with Gasteiger partial charge in [-0.05, 0) is 115 Å². The number of hydrogen-bond donors (Lipinski definition) is 2. The third-order valence-corrected chi connectivity index (χ3v) is 9.82. The van der Waals surface area contributed by atoms with Crippen LogP contribution >= 0.6 is 11.8 Å². The van der Waals surface area contributed by atoms with Crippen LogP contribution < -0.4 is 0 Å². The van der Waals surface area contributed by atoms with Crippen LogP contribution in [0.4, 0.5) is 17.6 Å². The molecule has 1 fully saturated rings. The predicted octanol–water partition coefficient (Wildman–Crippen LogP) is 9.59. The number of hydrogen-bond acceptors (Lipinski definition) is 3. The zero-order chi connectivity index (χ0) is 28.8. The van der Waals surface area contributed by atoms with Crippen molar-refractivity contribution in [2.75, 3.05) is 11.5 Å². The maximum absolute atomic E-state index is 13.3. The Morgan fingerprint density at radius 1 is 0.875 bits per heavy atom. The van der Waals surface area contributed by atoms with Crippen molar-refractivity contribution in [3.63, 3.8) is 0 Å². The van der Waals surface area contributed by atoms with Gasteiger partial charge in [-0.2, -0.15) is 20.5 Å². The Bertz CT molecular complexity index is 1070. The van der Waals surface area contributed by atoms with Crippen LogP contribution in [-0.4, -0.2) is 39.7 Å². The Morgan fingerprint density at radius 2 is 1.55 bits per heavy atom. The fourth-order valence-corrected chi connectivity index (χ4v) is 7.02. The first-order valence-corrected chi connectivity index (χ1v) is 16.1. The molecule has 0 heterocycles. The van der Waals surface area contributed by atoms with Crippen LogP contribution in [0.1, 0.15) is 118 Å². The van der Waals surface area contributed by atoms with Crippen LogP contribution in [0.3, 0.4) is 0 Å². The highest BCUT2D eigenvalue weighted by atomic mass is 32.2. The molecule has 1 saturated carbocycles. The third kappa shape index (κ3) is 8.64. The summed E-state index contributed by atoms with van der Waals surface area (Å²) in [6.07, 6.45) is 8.96. The predicted molar refractivity (Wildman–Crippen MR) is 156 cm³/mol. The van der Waals surface area contributed by atoms with Crippen molar-refractivity contribution in [1.82, 2.24) is 0 Å². The van der Waals surface area contributed by atoms with Gasteiger partial charge in [0.15, 0.2) is 0 Å². The molecule has 2 aliphatic rings. The van der Waals surface area contributed by atoms with E-state index >= 15 is 0 Å². The summed E-state index contributed by atoms with van der Waals surface area (Å²) in [5, 5.41) is 20.4. The summed E-state index contributed by atoms with van der Waals surface area (Å²) >= 11 is 1.54. The quantitative estimate of drug-likeness (QED) is 0.145. The Balaban J connectivity index is 1.14. The molecule has 0 bridgehead atoms. The number of rotatable bonds is 17. The van der Waals surface area contributed by atoms with Crippen LogP contribution in [0.5, 0.6) is 5.75 Å². The van der Waals surface area contributed by atoms with Gasteiger partial charge in [-0.3, -0.25) is 0 Å². The van der Waals surface area contributed by atoms with E-state index in [1.54, 1.807) is 12.1 Å². The standard InChI is InChI=1S/C33H44F4O2S/c1-32(34,35)33(36,37)18-6-20-40-19-4-2-3-7-27(38)8-5-9-30-29-17-14-25(23-10-11-23)21-26(29)22-31(30)24-12-15-28(39)16-13-24/h12-17,21,23,27,30-31,38-39H,2-11,18-20,22H2,1H3. The minimum Gasteiger partial charge on any atom is -0.508 e. The Kier molecular flexibility index (Phi) is 10.9. The molecule has 3 atom stereocenters. The largest absolute Gasteiger partial charge is 0.508 e. The number of unbranched alkanes of at least 4 members (excludes halogenated alkanes) is 2. The second-order valence-electron chi connectivity index (χ2n) is 12.0. The lowest BCUT2D eigenvalue weighted by Gasteiger charge is -2.22. The summed E-state index contributed by atoms with van der Waals surface area (Å²) < 4.78 is 52.3. The van der Waals surface area contributed by atoms with E-state index < -0.39 is 18.3 Å². The minimum atomic E-state index is -3.96. The lowest BCUT2D eigenvalue weighted by atomic mass is 9.83. The van der Waals surface area contributed by atoms with E-state index in [4.69, 9.17) is 0 Å². The smallest absolute Gasteiger partial charge is 0.309 e. The van der Waals surface area contributed by atoms with Gasteiger partial charge in [0.1, 0.15) is 5.75 Å². The van der Waals surface area contributed by atoms with Gasteiger partial charge < -0.3 is 10.2 Å². The highest BCUT2D eigenvalue weighted by Gasteiger charge is 2.51. The maximum atomic E-state index is 13.3. The molecule has 7 heteroatoms. The van der Waals surface area contributed by atoms with Crippen molar-refractivity contribution in [2.45, 2.75) is 120 Å². The first-order valence-electron chi connectivity index (χ1n) is 15.0. The maximum Gasteiger partial charge on any atom is 0.309 e. The number of thioether (sulfide) groups is 1. The summed E-state index contributed by atoms with van der Waals surface area (Å²) in [7, 11) is 0. The molecular formula is C33H44F4O2S. The fraction of sp³-hybridized carbons (Fsp3) is 0.636. The highest BCUT2D eigenvalue weighted by molar-refractivity contribution is 7.99. The van der Waals surface area contributed by atoms with Gasteiger partial charge in [0.05, 0.1) is 6.10 Å². The molecule has 0 radical (unpaired) electrons. The summed E-state index contributed by atoms with van der Waals surface area (Å²) in [5.41, 5.74) is 5.65. The van der Waals surface area contributed by atoms with E-state index in [0.717, 1.165) is 63.0 Å². The van der Waals surface area contributed by atoms with Crippen molar-refractivity contribution in [3.8, 4) is 5.75 Å². The van der Waals surface area contributed by atoms with Gasteiger partial charge in [-0.25, -0.2) is 8.78 Å². The summed E-state index contributed by atoms with van der Waals surface area (Å²) in [6.45, 7) is 0.279. The number of aromatic hydroxyl groups is 1. The zero-order valence-corrected chi connectivity index (χ0v) is 24.4. The minimum absolute atomic E-state index is 0.0839. The number of fused-ring (bicyclic) bond motifs is 1. The number of halogens is 4. The Labute approximate surface area is 241 Å². The van der Waals surface area contributed by atoms with Crippen LogP contribution in [0, 0.1) is 0 Å². The van der Waals surface area contributed by atoms with Gasteiger partial charge in [0, 0.05) is 13.3 Å². The van der Waals surface area contributed by atoms with E-state index in [1.165, 1.54) is 46.9 Å². The van der Waals surface area contributed by atoms with Crippen molar-refractivity contribution < 1.29 is 27.8 Å². The van der Waals surface area contributed by atoms with Crippen molar-refractivity contribution in [2.24, 2.45) is 0 Å². The van der Waals surface area contributed by atoms with Gasteiger partial charge in [-0.15, -0.1) is 0 Å². The molecule has 3 unspecified atom stereocenters. The number of alkyl halides is 4. The summed E-state index contributed by atoms with van der Waals surface area (Å²) in [6, 6.07) is 14.7. The second kappa shape index (κ2) is 14.0. The number of aliphatic hydroxyl groups excluding tert-OH is 1. The molecule has 0 spiro atoms. The van der Waals surface area contributed by atoms with Crippen LogP contribution in [0.2, 0.25) is 0 Å². The Morgan fingerprint density at radius 3 is 2.25 bits per heavy atom. The number of aliphatic hydroxyl groups is 1. The van der Waals surface area contributed by atoms with Gasteiger partial charge in [0.2, 0.25) is 0 Å². The van der Waals surface area contributed by atoms with Crippen molar-refractivity contribution in [3.05, 3.63) is 64.7 Å². The molecule has 222 valence electrons. The number of benzene rings is 2. The average Bonchev–Trinajstić information content (AvgIpc) is 3.69. The highest BCUT2D eigenvalue weighted by Crippen LogP contribution is 2.49. The van der Waals surface area contributed by atoms with Crippen molar-refractivity contribution in [1.29, 1.82) is 0 Å². The Hall–Kier alpha value is -1.73. The lowest BCUT2D eigenvalue weighted by molar-refractivity contribution is -0.200. The van der Waals surface area contributed by atoms with E-state index in [-0.39, 0.29) is 25.2 Å². The van der Waals surface area contributed by atoms with Gasteiger partial charge in [0.25, 0.3) is 0 Å². The van der Waals surface area contributed by atoms with E-state index in [0.29, 0.717) is 17.6 Å². The molecule has 2 aliphatic carbocycles. The molecule has 0 aromatic heterocycles. The first kappa shape index (κ1) is 31.2. The molecule has 0 aliphatic heterocycles. The molecule has 0 amide bonds. The monoisotopic (exact) mass is 580 g/mol. The van der Waals surface area contributed by atoms with Gasteiger partial charge in [-0.1, -0.05) is 49.6 Å². The second-order valence-corrected chi connectivity index (χ2v) is 13.2. The van der Waals surface area contributed by atoms with Crippen LogP contribution in [0.25, 0.3) is 0 Å². The summed E-state index contributed by atoms with van der Waals surface area (Å²) in [5.74, 6) is -4.77. The third-order valence-electron chi connectivity index (χ3n) is 8.66. The summed E-state index contributed by atoms with van der Waals surface area (Å²) in [4.78, 5) is 0. The lowest BCUT2D eigenvalue weighted by Crippen LogP contribution is -2.37.